The van der Waals surface area contributed by atoms with E-state index in [1.807, 2.05) is 6.92 Å². The van der Waals surface area contributed by atoms with Crippen LogP contribution >= 0.6 is 11.6 Å². The fourth-order valence-corrected chi connectivity index (χ4v) is 2.80. The molecule has 0 rings (SSSR count). The molecule has 92 valence electrons. The second-order valence-electron chi connectivity index (χ2n) is 3.53. The fourth-order valence-electron chi connectivity index (χ4n) is 1.14. The maximum atomic E-state index is 11.7. The summed E-state index contributed by atoms with van der Waals surface area (Å²) in [5.74, 6) is 0.664. The summed E-state index contributed by atoms with van der Waals surface area (Å²) >= 11 is 5.49. The molecule has 0 spiro atoms. The van der Waals surface area contributed by atoms with E-state index in [0.717, 1.165) is 6.42 Å². The van der Waals surface area contributed by atoms with Crippen molar-refractivity contribution in [3.63, 3.8) is 0 Å². The van der Waals surface area contributed by atoms with Gasteiger partial charge in [0.15, 0.2) is 0 Å². The molecule has 0 fully saturated rings. The fraction of sp³-hybridized carbons (Fsp3) is 1.00. The van der Waals surface area contributed by atoms with Gasteiger partial charge in [-0.3, -0.25) is 0 Å². The number of hydrogen-bond donors (Lipinski definition) is 0. The number of ether oxygens (including phenoxy) is 1. The highest BCUT2D eigenvalue weighted by Gasteiger charge is 2.22. The zero-order chi connectivity index (χ0) is 11.9. The van der Waals surface area contributed by atoms with Crippen LogP contribution in [-0.4, -0.2) is 51.2 Å². The van der Waals surface area contributed by atoms with Gasteiger partial charge >= 0.3 is 0 Å². The highest BCUT2D eigenvalue weighted by molar-refractivity contribution is 7.89. The number of hydrogen-bond acceptors (Lipinski definition) is 3. The molecular weight excluding hydrogens is 238 g/mol. The third-order valence-electron chi connectivity index (χ3n) is 2.25. The van der Waals surface area contributed by atoms with Gasteiger partial charge in [-0.05, 0) is 19.8 Å². The standard InChI is InChI=1S/C9H20ClNO3S/c1-9(8-14-3)11(2)15(12,13)7-5-4-6-10/h9H,4-8H2,1-3H3. The molecule has 0 aliphatic heterocycles. The van der Waals surface area contributed by atoms with Crippen LogP contribution < -0.4 is 0 Å². The van der Waals surface area contributed by atoms with Gasteiger partial charge in [0.2, 0.25) is 10.0 Å². The highest BCUT2D eigenvalue weighted by atomic mass is 35.5. The molecule has 0 amide bonds. The Hall–Kier alpha value is 0.160. The largest absolute Gasteiger partial charge is 0.383 e. The molecular formula is C9H20ClNO3S. The van der Waals surface area contributed by atoms with E-state index in [0.29, 0.717) is 18.9 Å². The number of nitrogens with zero attached hydrogens (tertiary/aromatic N) is 1. The molecule has 15 heavy (non-hydrogen) atoms. The van der Waals surface area contributed by atoms with E-state index in [9.17, 15) is 8.42 Å². The monoisotopic (exact) mass is 257 g/mol. The first-order chi connectivity index (χ1) is 6.95. The summed E-state index contributed by atoms with van der Waals surface area (Å²) in [5.41, 5.74) is 0. The van der Waals surface area contributed by atoms with E-state index < -0.39 is 10.0 Å². The van der Waals surface area contributed by atoms with E-state index in [4.69, 9.17) is 16.3 Å². The average Bonchev–Trinajstić information content (AvgIpc) is 2.17. The Morgan fingerprint density at radius 2 is 2.00 bits per heavy atom. The Labute approximate surface area is 97.6 Å². The van der Waals surface area contributed by atoms with Crippen molar-refractivity contribution < 1.29 is 13.2 Å². The third-order valence-corrected chi connectivity index (χ3v) is 4.56. The van der Waals surface area contributed by atoms with Gasteiger partial charge < -0.3 is 4.74 Å². The van der Waals surface area contributed by atoms with Crippen molar-refractivity contribution in [2.24, 2.45) is 0 Å². The van der Waals surface area contributed by atoms with Crippen LogP contribution in [0.2, 0.25) is 0 Å². The van der Waals surface area contributed by atoms with Gasteiger partial charge in [0.05, 0.1) is 12.4 Å². The topological polar surface area (TPSA) is 46.6 Å². The first-order valence-electron chi connectivity index (χ1n) is 4.96. The van der Waals surface area contributed by atoms with Crippen LogP contribution in [0.15, 0.2) is 0 Å². The van der Waals surface area contributed by atoms with Crippen molar-refractivity contribution in [1.82, 2.24) is 4.31 Å². The maximum absolute atomic E-state index is 11.7. The van der Waals surface area contributed by atoms with E-state index >= 15 is 0 Å². The summed E-state index contributed by atoms with van der Waals surface area (Å²) in [7, 11) is -0.0162. The van der Waals surface area contributed by atoms with E-state index in [-0.39, 0.29) is 11.8 Å². The predicted molar refractivity (Wildman–Crippen MR) is 62.8 cm³/mol. The normalized spacial score (nSPS) is 14.5. The first-order valence-corrected chi connectivity index (χ1v) is 7.10. The Bertz CT molecular complexity index is 256. The van der Waals surface area contributed by atoms with Crippen LogP contribution in [0.25, 0.3) is 0 Å². The molecule has 4 nitrogen and oxygen atoms in total. The van der Waals surface area contributed by atoms with Gasteiger partial charge in [0, 0.05) is 26.1 Å². The van der Waals surface area contributed by atoms with Crippen molar-refractivity contribution in [3.8, 4) is 0 Å². The van der Waals surface area contributed by atoms with Crippen LogP contribution in [0.3, 0.4) is 0 Å². The molecule has 0 saturated carbocycles. The van der Waals surface area contributed by atoms with Crippen molar-refractivity contribution in [1.29, 1.82) is 0 Å². The summed E-state index contributed by atoms with van der Waals surface area (Å²) in [6.07, 6.45) is 1.34. The van der Waals surface area contributed by atoms with Gasteiger partial charge in [0.1, 0.15) is 0 Å². The summed E-state index contributed by atoms with van der Waals surface area (Å²) in [6.45, 7) is 2.23. The quantitative estimate of drug-likeness (QED) is 0.487. The van der Waals surface area contributed by atoms with Gasteiger partial charge in [-0.25, -0.2) is 8.42 Å². The van der Waals surface area contributed by atoms with Gasteiger partial charge in [0.25, 0.3) is 0 Å². The van der Waals surface area contributed by atoms with Crippen molar-refractivity contribution in [3.05, 3.63) is 0 Å². The van der Waals surface area contributed by atoms with Crippen molar-refractivity contribution in [2.75, 3.05) is 32.4 Å². The Morgan fingerprint density at radius 3 is 2.47 bits per heavy atom. The van der Waals surface area contributed by atoms with Crippen LogP contribution in [0, 0.1) is 0 Å². The number of rotatable bonds is 8. The van der Waals surface area contributed by atoms with Crippen LogP contribution in [-0.2, 0) is 14.8 Å². The maximum Gasteiger partial charge on any atom is 0.214 e. The molecule has 0 aromatic heterocycles. The number of methoxy groups -OCH3 is 1. The lowest BCUT2D eigenvalue weighted by atomic mass is 10.4. The minimum absolute atomic E-state index is 0.129. The molecule has 0 aliphatic carbocycles. The molecule has 0 saturated heterocycles. The predicted octanol–water partition coefficient (Wildman–Crippen LogP) is 1.30. The molecule has 0 radical (unpaired) electrons. The molecule has 0 N–H and O–H groups in total. The zero-order valence-electron chi connectivity index (χ0n) is 9.57. The third kappa shape index (κ3) is 5.70. The minimum atomic E-state index is -3.16. The molecule has 1 atom stereocenters. The number of unbranched alkanes of at least 4 members (excludes halogenated alkanes) is 1. The molecule has 0 heterocycles. The van der Waals surface area contributed by atoms with Crippen LogP contribution in [0.5, 0.6) is 0 Å². The lowest BCUT2D eigenvalue weighted by Crippen LogP contribution is -2.39. The van der Waals surface area contributed by atoms with Gasteiger partial charge in [-0.2, -0.15) is 4.31 Å². The summed E-state index contributed by atoms with van der Waals surface area (Å²) in [4.78, 5) is 0. The zero-order valence-corrected chi connectivity index (χ0v) is 11.1. The van der Waals surface area contributed by atoms with Crippen molar-refractivity contribution in [2.45, 2.75) is 25.8 Å². The number of likely N-dealkylation sites (N-methyl/N-ethyl adjacent to an activating group) is 1. The molecule has 0 aromatic rings. The highest BCUT2D eigenvalue weighted by Crippen LogP contribution is 2.07. The number of sulfonamides is 1. The van der Waals surface area contributed by atoms with E-state index in [1.54, 1.807) is 14.2 Å². The second-order valence-corrected chi connectivity index (χ2v) is 6.06. The Balaban J connectivity index is 4.19. The molecule has 6 heteroatoms. The van der Waals surface area contributed by atoms with Crippen LogP contribution in [0.4, 0.5) is 0 Å². The Kier molecular flexibility index (Phi) is 7.52. The SMILES string of the molecule is COCC(C)N(C)S(=O)(=O)CCCCCl. The Morgan fingerprint density at radius 1 is 1.40 bits per heavy atom. The first kappa shape index (κ1) is 15.2. The lowest BCUT2D eigenvalue weighted by molar-refractivity contribution is 0.149. The molecule has 0 bridgehead atoms. The number of halogens is 1. The van der Waals surface area contributed by atoms with E-state index in [1.165, 1.54) is 4.31 Å². The summed E-state index contributed by atoms with van der Waals surface area (Å²) in [6, 6.07) is -0.129. The van der Waals surface area contributed by atoms with Crippen LogP contribution in [0.1, 0.15) is 19.8 Å². The second kappa shape index (κ2) is 7.44. The number of alkyl halides is 1. The minimum Gasteiger partial charge on any atom is -0.383 e. The van der Waals surface area contributed by atoms with Gasteiger partial charge in [-0.15, -0.1) is 11.6 Å². The lowest BCUT2D eigenvalue weighted by Gasteiger charge is -2.23. The molecule has 0 aromatic carbocycles. The average molecular weight is 258 g/mol. The smallest absolute Gasteiger partial charge is 0.214 e. The van der Waals surface area contributed by atoms with Gasteiger partial charge in [-0.1, -0.05) is 0 Å². The summed E-state index contributed by atoms with van der Waals surface area (Å²) in [5, 5.41) is 0. The molecule has 1 unspecified atom stereocenters. The molecule has 0 aliphatic rings. The van der Waals surface area contributed by atoms with E-state index in [2.05, 4.69) is 0 Å². The van der Waals surface area contributed by atoms with Crippen molar-refractivity contribution >= 4 is 21.6 Å². The summed E-state index contributed by atoms with van der Waals surface area (Å²) < 4.78 is 29.8.